The van der Waals surface area contributed by atoms with Gasteiger partial charge in [-0.2, -0.15) is 0 Å². The fraction of sp³-hybridized carbons (Fsp3) is 0.368. The van der Waals surface area contributed by atoms with E-state index >= 15 is 0 Å². The smallest absolute Gasteiger partial charge is 0.177 e. The van der Waals surface area contributed by atoms with Crippen molar-refractivity contribution in [1.82, 2.24) is 14.6 Å². The number of nitrogen functional groups attached to an aromatic ring is 1. The van der Waals surface area contributed by atoms with Crippen LogP contribution in [0.5, 0.6) is 0 Å². The van der Waals surface area contributed by atoms with Gasteiger partial charge in [-0.05, 0) is 31.2 Å². The van der Waals surface area contributed by atoms with E-state index in [9.17, 15) is 0 Å². The Balaban J connectivity index is 1.60. The Morgan fingerprint density at radius 2 is 1.88 bits per heavy atom. The first-order chi connectivity index (χ1) is 12.2. The van der Waals surface area contributed by atoms with Crippen LogP contribution in [0.25, 0.3) is 5.65 Å². The number of rotatable bonds is 4. The number of hydrogen-bond donors (Lipinski definition) is 3. The predicted molar refractivity (Wildman–Crippen MR) is 100 cm³/mol. The zero-order valence-corrected chi connectivity index (χ0v) is 14.2. The van der Waals surface area contributed by atoms with Crippen LogP contribution in [0.4, 0.5) is 11.5 Å². The SMILES string of the molecule is Nc1cc(NCc2ccccc2)c2nc(C3CCC(N)CC3)cn2n1. The maximum Gasteiger partial charge on any atom is 0.177 e. The molecule has 4 rings (SSSR count). The van der Waals surface area contributed by atoms with Crippen molar-refractivity contribution in [1.29, 1.82) is 0 Å². The summed E-state index contributed by atoms with van der Waals surface area (Å²) >= 11 is 0. The highest BCUT2D eigenvalue weighted by molar-refractivity contribution is 5.70. The summed E-state index contributed by atoms with van der Waals surface area (Å²) in [5, 5.41) is 7.83. The van der Waals surface area contributed by atoms with Crippen LogP contribution in [0.2, 0.25) is 0 Å². The number of fused-ring (bicyclic) bond motifs is 1. The van der Waals surface area contributed by atoms with Crippen LogP contribution >= 0.6 is 0 Å². The average Bonchev–Trinajstić information content (AvgIpc) is 3.05. The van der Waals surface area contributed by atoms with Gasteiger partial charge in [0.25, 0.3) is 0 Å². The average molecular weight is 336 g/mol. The largest absolute Gasteiger partial charge is 0.382 e. The predicted octanol–water partition coefficient (Wildman–Crippen LogP) is 2.91. The third kappa shape index (κ3) is 3.44. The topological polar surface area (TPSA) is 94.3 Å². The van der Waals surface area contributed by atoms with E-state index < -0.39 is 0 Å². The van der Waals surface area contributed by atoms with Gasteiger partial charge < -0.3 is 16.8 Å². The van der Waals surface area contributed by atoms with Crippen LogP contribution in [0.3, 0.4) is 0 Å². The highest BCUT2D eigenvalue weighted by Crippen LogP contribution is 2.32. The lowest BCUT2D eigenvalue weighted by molar-refractivity contribution is 0.391. The van der Waals surface area contributed by atoms with Crippen molar-refractivity contribution in [2.24, 2.45) is 5.73 Å². The summed E-state index contributed by atoms with van der Waals surface area (Å²) in [6.07, 6.45) is 6.32. The molecule has 25 heavy (non-hydrogen) atoms. The maximum atomic E-state index is 6.02. The van der Waals surface area contributed by atoms with E-state index in [1.54, 1.807) is 4.52 Å². The summed E-state index contributed by atoms with van der Waals surface area (Å²) in [6, 6.07) is 12.5. The van der Waals surface area contributed by atoms with Crippen molar-refractivity contribution in [3.8, 4) is 0 Å². The second kappa shape index (κ2) is 6.72. The normalized spacial score (nSPS) is 20.7. The van der Waals surface area contributed by atoms with Gasteiger partial charge in [0.2, 0.25) is 0 Å². The van der Waals surface area contributed by atoms with E-state index in [2.05, 4.69) is 22.5 Å². The Hall–Kier alpha value is -2.60. The highest BCUT2D eigenvalue weighted by Gasteiger charge is 2.23. The number of nitrogens with zero attached hydrogens (tertiary/aromatic N) is 3. The van der Waals surface area contributed by atoms with Crippen LogP contribution < -0.4 is 16.8 Å². The van der Waals surface area contributed by atoms with Crippen LogP contribution in [0.15, 0.2) is 42.6 Å². The minimum Gasteiger partial charge on any atom is -0.382 e. The molecule has 2 aromatic heterocycles. The number of imidazole rings is 1. The molecule has 0 amide bonds. The summed E-state index contributed by atoms with van der Waals surface area (Å²) < 4.78 is 1.80. The molecule has 130 valence electrons. The summed E-state index contributed by atoms with van der Waals surface area (Å²) in [5.74, 6) is 0.947. The molecular weight excluding hydrogens is 312 g/mol. The Morgan fingerprint density at radius 1 is 1.12 bits per heavy atom. The van der Waals surface area contributed by atoms with E-state index in [0.717, 1.165) is 49.3 Å². The minimum absolute atomic E-state index is 0.338. The van der Waals surface area contributed by atoms with Gasteiger partial charge in [0.05, 0.1) is 17.6 Å². The summed E-state index contributed by atoms with van der Waals surface area (Å²) in [5.41, 5.74) is 16.1. The molecule has 0 unspecified atom stereocenters. The Morgan fingerprint density at radius 3 is 2.64 bits per heavy atom. The van der Waals surface area contributed by atoms with E-state index in [1.807, 2.05) is 30.5 Å². The van der Waals surface area contributed by atoms with Crippen LogP contribution in [0.1, 0.15) is 42.9 Å². The molecule has 5 N–H and O–H groups in total. The van der Waals surface area contributed by atoms with Crippen molar-refractivity contribution in [3.05, 3.63) is 53.9 Å². The minimum atomic E-state index is 0.338. The number of nitrogens with one attached hydrogen (secondary N) is 1. The van der Waals surface area contributed by atoms with Gasteiger partial charge in [0.1, 0.15) is 5.82 Å². The lowest BCUT2D eigenvalue weighted by Gasteiger charge is -2.24. The molecule has 1 aliphatic rings. The number of nitrogens with two attached hydrogens (primary N) is 2. The van der Waals surface area contributed by atoms with E-state index in [-0.39, 0.29) is 0 Å². The van der Waals surface area contributed by atoms with Gasteiger partial charge in [-0.3, -0.25) is 0 Å². The lowest BCUT2D eigenvalue weighted by Crippen LogP contribution is -2.25. The van der Waals surface area contributed by atoms with Crippen molar-refractivity contribution >= 4 is 17.2 Å². The zero-order chi connectivity index (χ0) is 17.2. The van der Waals surface area contributed by atoms with Crippen molar-refractivity contribution in [2.45, 2.75) is 44.2 Å². The molecule has 1 aromatic carbocycles. The van der Waals surface area contributed by atoms with E-state index in [4.69, 9.17) is 16.5 Å². The van der Waals surface area contributed by atoms with Gasteiger partial charge in [0, 0.05) is 24.6 Å². The third-order valence-corrected chi connectivity index (χ3v) is 4.98. The second-order valence-corrected chi connectivity index (χ2v) is 6.87. The van der Waals surface area contributed by atoms with Gasteiger partial charge in [-0.15, -0.1) is 5.10 Å². The summed E-state index contributed by atoms with van der Waals surface area (Å²) in [4.78, 5) is 4.86. The molecule has 1 saturated carbocycles. The monoisotopic (exact) mass is 336 g/mol. The third-order valence-electron chi connectivity index (χ3n) is 4.98. The number of hydrogen-bond acceptors (Lipinski definition) is 5. The molecule has 2 heterocycles. The van der Waals surface area contributed by atoms with Gasteiger partial charge in [-0.1, -0.05) is 30.3 Å². The Labute approximate surface area is 147 Å². The van der Waals surface area contributed by atoms with Gasteiger partial charge in [-0.25, -0.2) is 9.50 Å². The molecule has 1 fully saturated rings. The Kier molecular flexibility index (Phi) is 4.28. The first-order valence-electron chi connectivity index (χ1n) is 8.88. The van der Waals surface area contributed by atoms with E-state index in [1.165, 1.54) is 5.56 Å². The van der Waals surface area contributed by atoms with Gasteiger partial charge in [0.15, 0.2) is 5.65 Å². The molecule has 0 aliphatic heterocycles. The molecule has 0 atom stereocenters. The molecule has 6 nitrogen and oxygen atoms in total. The molecule has 1 aliphatic carbocycles. The van der Waals surface area contributed by atoms with E-state index in [0.29, 0.717) is 17.8 Å². The van der Waals surface area contributed by atoms with Crippen molar-refractivity contribution in [2.75, 3.05) is 11.1 Å². The van der Waals surface area contributed by atoms with Crippen LogP contribution in [0, 0.1) is 0 Å². The lowest BCUT2D eigenvalue weighted by atomic mass is 9.85. The Bertz CT molecular complexity index is 849. The quantitative estimate of drug-likeness (QED) is 0.681. The first kappa shape index (κ1) is 15.9. The molecule has 3 aromatic rings. The van der Waals surface area contributed by atoms with Gasteiger partial charge >= 0.3 is 0 Å². The highest BCUT2D eigenvalue weighted by atomic mass is 15.3. The molecule has 0 radical (unpaired) electrons. The van der Waals surface area contributed by atoms with Crippen LogP contribution in [-0.4, -0.2) is 20.6 Å². The number of aromatic nitrogens is 3. The fourth-order valence-corrected chi connectivity index (χ4v) is 3.55. The molecular formula is C19H24N6. The van der Waals surface area contributed by atoms with Crippen LogP contribution in [-0.2, 0) is 6.54 Å². The standard InChI is InChI=1S/C19H24N6/c20-15-8-6-14(7-9-15)17-12-25-19(23-17)16(10-18(21)24-25)22-11-13-4-2-1-3-5-13/h1-5,10,12,14-15,22H,6-9,11,20H2,(H2,21,24). The second-order valence-electron chi connectivity index (χ2n) is 6.87. The zero-order valence-electron chi connectivity index (χ0n) is 14.2. The van der Waals surface area contributed by atoms with Crippen molar-refractivity contribution in [3.63, 3.8) is 0 Å². The molecule has 6 heteroatoms. The molecule has 0 spiro atoms. The maximum absolute atomic E-state index is 6.02. The summed E-state index contributed by atoms with van der Waals surface area (Å²) in [6.45, 7) is 0.723. The number of anilines is 2. The summed E-state index contributed by atoms with van der Waals surface area (Å²) in [7, 11) is 0. The molecule has 0 bridgehead atoms. The molecule has 0 saturated heterocycles. The number of benzene rings is 1. The van der Waals surface area contributed by atoms with Crippen molar-refractivity contribution < 1.29 is 0 Å². The fourth-order valence-electron chi connectivity index (χ4n) is 3.55. The first-order valence-corrected chi connectivity index (χ1v) is 8.88.